The van der Waals surface area contributed by atoms with Crippen LogP contribution < -0.4 is 20.1 Å². The lowest BCUT2D eigenvalue weighted by molar-refractivity contribution is -0.152. The molecule has 2 aromatic carbocycles. The van der Waals surface area contributed by atoms with Gasteiger partial charge in [0.1, 0.15) is 11.9 Å². The summed E-state index contributed by atoms with van der Waals surface area (Å²) in [6, 6.07) is 9.10. The average Bonchev–Trinajstić information content (AvgIpc) is 3.34. The van der Waals surface area contributed by atoms with Crippen molar-refractivity contribution in [3.63, 3.8) is 0 Å². The van der Waals surface area contributed by atoms with E-state index in [2.05, 4.69) is 10.6 Å². The molecule has 2 aliphatic rings. The third-order valence-electron chi connectivity index (χ3n) is 6.54. The third kappa shape index (κ3) is 5.95. The second kappa shape index (κ2) is 11.4. The fourth-order valence-electron chi connectivity index (χ4n) is 4.68. The Hall–Kier alpha value is -3.62. The van der Waals surface area contributed by atoms with Gasteiger partial charge in [-0.3, -0.25) is 14.4 Å². The van der Waals surface area contributed by atoms with E-state index in [1.165, 1.54) is 29.2 Å². The van der Waals surface area contributed by atoms with E-state index in [-0.39, 0.29) is 19.4 Å². The van der Waals surface area contributed by atoms with Crippen molar-refractivity contribution in [2.45, 2.75) is 70.6 Å². The monoisotopic (exact) mass is 497 g/mol. The number of benzene rings is 2. The Labute approximate surface area is 210 Å². The van der Waals surface area contributed by atoms with Gasteiger partial charge in [0.05, 0.1) is 0 Å². The van der Waals surface area contributed by atoms with E-state index < -0.39 is 35.6 Å². The molecule has 36 heavy (non-hydrogen) atoms. The van der Waals surface area contributed by atoms with Gasteiger partial charge in [0.15, 0.2) is 11.5 Å². The van der Waals surface area contributed by atoms with E-state index >= 15 is 0 Å². The molecule has 1 fully saturated rings. The molecule has 2 N–H and O–H groups in total. The van der Waals surface area contributed by atoms with E-state index in [0.29, 0.717) is 17.1 Å². The Balaban J connectivity index is 1.55. The number of ether oxygens (including phenoxy) is 2. The van der Waals surface area contributed by atoms with Gasteiger partial charge in [-0.15, -0.1) is 0 Å². The van der Waals surface area contributed by atoms with E-state index in [1.807, 2.05) is 6.07 Å². The van der Waals surface area contributed by atoms with Gasteiger partial charge < -0.3 is 25.0 Å². The average molecular weight is 498 g/mol. The lowest BCUT2D eigenvalue weighted by Gasteiger charge is -2.34. The molecule has 0 bridgehead atoms. The highest BCUT2D eigenvalue weighted by molar-refractivity contribution is 6.35. The smallest absolute Gasteiger partial charge is 0.313 e. The second-order valence-corrected chi connectivity index (χ2v) is 9.47. The molecule has 4 rings (SSSR count). The second-order valence-electron chi connectivity index (χ2n) is 9.47. The summed E-state index contributed by atoms with van der Waals surface area (Å²) in [5.74, 6) is -1.23. The largest absolute Gasteiger partial charge is 0.454 e. The maximum absolute atomic E-state index is 13.7. The van der Waals surface area contributed by atoms with Gasteiger partial charge in [0, 0.05) is 18.6 Å². The number of carbonyl (C=O) groups excluding carboxylic acids is 3. The summed E-state index contributed by atoms with van der Waals surface area (Å²) in [4.78, 5) is 41.1. The van der Waals surface area contributed by atoms with Crippen LogP contribution in [0.1, 0.15) is 63.1 Å². The number of halogens is 1. The molecule has 0 saturated heterocycles. The molecule has 1 unspecified atom stereocenters. The molecule has 0 aromatic heterocycles. The molecule has 1 atom stereocenters. The maximum Gasteiger partial charge on any atom is 0.313 e. The number of carbonyl (C=O) groups is 3. The zero-order chi connectivity index (χ0) is 25.7. The number of rotatable bonds is 7. The molecule has 1 saturated carbocycles. The maximum atomic E-state index is 13.7. The Morgan fingerprint density at radius 3 is 2.39 bits per heavy atom. The van der Waals surface area contributed by atoms with Crippen LogP contribution in [0.25, 0.3) is 0 Å². The van der Waals surface area contributed by atoms with Gasteiger partial charge in [-0.2, -0.15) is 0 Å². The molecule has 0 spiro atoms. The van der Waals surface area contributed by atoms with Crippen molar-refractivity contribution in [3.05, 3.63) is 59.4 Å². The predicted molar refractivity (Wildman–Crippen MR) is 131 cm³/mol. The summed E-state index contributed by atoms with van der Waals surface area (Å²) in [7, 11) is 0. The van der Waals surface area contributed by atoms with Crippen LogP contribution in [0.3, 0.4) is 0 Å². The van der Waals surface area contributed by atoms with Crippen LogP contribution in [0.2, 0.25) is 0 Å². The first-order valence-corrected chi connectivity index (χ1v) is 12.4. The van der Waals surface area contributed by atoms with Crippen LogP contribution in [-0.4, -0.2) is 41.5 Å². The molecule has 3 amide bonds. The molecular weight excluding hydrogens is 465 g/mol. The van der Waals surface area contributed by atoms with Crippen molar-refractivity contribution in [3.8, 4) is 11.5 Å². The normalized spacial score (nSPS) is 15.9. The molecular formula is C27H32FN3O5. The minimum absolute atomic E-state index is 0.0479. The summed E-state index contributed by atoms with van der Waals surface area (Å²) in [6.45, 7) is 3.80. The topological polar surface area (TPSA) is 97.0 Å². The summed E-state index contributed by atoms with van der Waals surface area (Å²) in [6.07, 6.45) is 4.80. The summed E-state index contributed by atoms with van der Waals surface area (Å²) >= 11 is 0. The van der Waals surface area contributed by atoms with Crippen molar-refractivity contribution in [2.75, 3.05) is 6.79 Å². The molecule has 1 aliphatic carbocycles. The van der Waals surface area contributed by atoms with Gasteiger partial charge in [0.2, 0.25) is 12.7 Å². The van der Waals surface area contributed by atoms with Gasteiger partial charge in [-0.1, -0.05) is 37.5 Å². The summed E-state index contributed by atoms with van der Waals surface area (Å²) < 4.78 is 24.4. The third-order valence-corrected chi connectivity index (χ3v) is 6.54. The number of fused-ring (bicyclic) bond motifs is 1. The van der Waals surface area contributed by atoms with E-state index in [9.17, 15) is 18.8 Å². The van der Waals surface area contributed by atoms with E-state index in [0.717, 1.165) is 37.7 Å². The molecule has 2 aromatic rings. The fourth-order valence-corrected chi connectivity index (χ4v) is 4.68. The SMILES string of the molecule is CC(C)N(C(=O)C(=O)NC1CCCCC1)C(C(=O)NCc1ccc2c(c1)OCO2)c1ccc(F)cc1. The van der Waals surface area contributed by atoms with Gasteiger partial charge in [0.25, 0.3) is 0 Å². The van der Waals surface area contributed by atoms with Crippen LogP contribution in [0.4, 0.5) is 4.39 Å². The first-order chi connectivity index (χ1) is 17.3. The van der Waals surface area contributed by atoms with E-state index in [4.69, 9.17) is 9.47 Å². The number of nitrogens with zero attached hydrogens (tertiary/aromatic N) is 1. The van der Waals surface area contributed by atoms with Gasteiger partial charge in [-0.25, -0.2) is 4.39 Å². The van der Waals surface area contributed by atoms with E-state index in [1.54, 1.807) is 26.0 Å². The fraction of sp³-hybridized carbons (Fsp3) is 0.444. The number of nitrogens with one attached hydrogen (secondary N) is 2. The highest BCUT2D eigenvalue weighted by atomic mass is 19.1. The van der Waals surface area contributed by atoms with Crippen LogP contribution in [0.15, 0.2) is 42.5 Å². The first kappa shape index (κ1) is 25.5. The van der Waals surface area contributed by atoms with Crippen molar-refractivity contribution < 1.29 is 28.2 Å². The van der Waals surface area contributed by atoms with Crippen LogP contribution in [0, 0.1) is 5.82 Å². The predicted octanol–water partition coefficient (Wildman–Crippen LogP) is 3.60. The zero-order valence-electron chi connectivity index (χ0n) is 20.6. The Morgan fingerprint density at radius 1 is 1.00 bits per heavy atom. The minimum Gasteiger partial charge on any atom is -0.454 e. The zero-order valence-corrected chi connectivity index (χ0v) is 20.6. The van der Waals surface area contributed by atoms with Gasteiger partial charge in [-0.05, 0) is 62.1 Å². The Kier molecular flexibility index (Phi) is 8.07. The molecule has 1 aliphatic heterocycles. The molecule has 1 heterocycles. The standard InChI is InChI=1S/C27H32FN3O5/c1-17(2)31(27(34)26(33)30-21-6-4-3-5-7-21)24(19-9-11-20(28)12-10-19)25(32)29-15-18-8-13-22-23(14-18)36-16-35-22/h8-14,17,21,24H,3-7,15-16H2,1-2H3,(H,29,32)(H,30,33). The highest BCUT2D eigenvalue weighted by Crippen LogP contribution is 2.32. The quantitative estimate of drug-likeness (QED) is 0.570. The van der Waals surface area contributed by atoms with Crippen molar-refractivity contribution in [1.29, 1.82) is 0 Å². The number of hydrogen-bond donors (Lipinski definition) is 2. The minimum atomic E-state index is -1.12. The summed E-state index contributed by atoms with van der Waals surface area (Å²) in [5.41, 5.74) is 1.19. The highest BCUT2D eigenvalue weighted by Gasteiger charge is 2.37. The Morgan fingerprint density at radius 2 is 1.69 bits per heavy atom. The number of amides is 3. The van der Waals surface area contributed by atoms with Crippen LogP contribution >= 0.6 is 0 Å². The number of hydrogen-bond acceptors (Lipinski definition) is 5. The lowest BCUT2D eigenvalue weighted by atomic mass is 9.95. The summed E-state index contributed by atoms with van der Waals surface area (Å²) in [5, 5.41) is 5.70. The first-order valence-electron chi connectivity index (χ1n) is 12.4. The van der Waals surface area contributed by atoms with Gasteiger partial charge >= 0.3 is 11.8 Å². The van der Waals surface area contributed by atoms with Crippen LogP contribution in [-0.2, 0) is 20.9 Å². The molecule has 8 nitrogen and oxygen atoms in total. The molecule has 0 radical (unpaired) electrons. The van der Waals surface area contributed by atoms with Crippen molar-refractivity contribution in [1.82, 2.24) is 15.5 Å². The van der Waals surface area contributed by atoms with Crippen molar-refractivity contribution >= 4 is 17.7 Å². The molecule has 192 valence electrons. The van der Waals surface area contributed by atoms with Crippen molar-refractivity contribution in [2.24, 2.45) is 0 Å². The van der Waals surface area contributed by atoms with Crippen LogP contribution in [0.5, 0.6) is 11.5 Å². The molecule has 9 heteroatoms. The lowest BCUT2D eigenvalue weighted by Crippen LogP contribution is -2.53. The Bertz CT molecular complexity index is 1100.